The van der Waals surface area contributed by atoms with Crippen molar-refractivity contribution < 1.29 is 9.90 Å². The van der Waals surface area contributed by atoms with E-state index in [1.54, 1.807) is 18.2 Å². The fraction of sp³-hybridized carbons (Fsp3) is 0.125. The van der Waals surface area contributed by atoms with Crippen LogP contribution in [0.3, 0.4) is 0 Å². The second kappa shape index (κ2) is 3.75. The molecule has 0 spiro atoms. The molecule has 64 valence electrons. The number of anilines is 1. The van der Waals surface area contributed by atoms with E-state index in [1.165, 1.54) is 6.92 Å². The van der Waals surface area contributed by atoms with Gasteiger partial charge in [0.25, 0.3) is 0 Å². The van der Waals surface area contributed by atoms with Crippen molar-refractivity contribution in [1.82, 2.24) is 0 Å². The number of carbonyl (C=O) groups excluding carboxylic acids is 1. The highest BCUT2D eigenvalue weighted by Gasteiger charge is 1.99. The Morgan fingerprint density at radius 3 is 2.75 bits per heavy atom. The summed E-state index contributed by atoms with van der Waals surface area (Å²) in [7, 11) is 0. The molecule has 0 atom stereocenters. The van der Waals surface area contributed by atoms with E-state index in [0.717, 1.165) is 3.57 Å². The van der Waals surface area contributed by atoms with Gasteiger partial charge in [0.2, 0.25) is 5.91 Å². The van der Waals surface area contributed by atoms with Crippen molar-refractivity contribution in [3.63, 3.8) is 0 Å². The SMILES string of the molecule is CC(=O)Nc1ccc(O)c(I)c1. The Kier molecular flexibility index (Phi) is 2.91. The summed E-state index contributed by atoms with van der Waals surface area (Å²) < 4.78 is 0.721. The van der Waals surface area contributed by atoms with Crippen LogP contribution >= 0.6 is 22.6 Å². The molecule has 1 aromatic carbocycles. The first kappa shape index (κ1) is 9.31. The van der Waals surface area contributed by atoms with Crippen LogP contribution < -0.4 is 5.32 Å². The Morgan fingerprint density at radius 1 is 1.58 bits per heavy atom. The smallest absolute Gasteiger partial charge is 0.221 e. The maximum atomic E-state index is 10.6. The van der Waals surface area contributed by atoms with E-state index < -0.39 is 0 Å². The predicted molar refractivity (Wildman–Crippen MR) is 55.1 cm³/mol. The van der Waals surface area contributed by atoms with Crippen molar-refractivity contribution in [3.05, 3.63) is 21.8 Å². The third-order valence-electron chi connectivity index (χ3n) is 1.27. The van der Waals surface area contributed by atoms with E-state index in [4.69, 9.17) is 5.11 Å². The molecular formula is C8H8INO2. The lowest BCUT2D eigenvalue weighted by atomic mass is 10.3. The summed E-state index contributed by atoms with van der Waals surface area (Å²) in [5.74, 6) is 0.112. The molecule has 0 aliphatic heterocycles. The zero-order chi connectivity index (χ0) is 9.14. The summed E-state index contributed by atoms with van der Waals surface area (Å²) in [6, 6.07) is 4.91. The standard InChI is InChI=1S/C8H8INO2/c1-5(11)10-6-2-3-8(12)7(9)4-6/h2-4,12H,1H3,(H,10,11). The average Bonchev–Trinajstić information content (AvgIpc) is 1.96. The van der Waals surface area contributed by atoms with Crippen molar-refractivity contribution in [1.29, 1.82) is 0 Å². The Morgan fingerprint density at radius 2 is 2.25 bits per heavy atom. The lowest BCUT2D eigenvalue weighted by Gasteiger charge is -2.02. The fourth-order valence-corrected chi connectivity index (χ4v) is 1.30. The summed E-state index contributed by atoms with van der Waals surface area (Å²) in [4.78, 5) is 10.6. The molecule has 0 aliphatic rings. The monoisotopic (exact) mass is 277 g/mol. The van der Waals surface area contributed by atoms with Gasteiger partial charge in [-0.05, 0) is 40.8 Å². The minimum atomic E-state index is -0.114. The third-order valence-corrected chi connectivity index (χ3v) is 2.13. The molecule has 0 aromatic heterocycles. The van der Waals surface area contributed by atoms with Crippen LogP contribution in [0.2, 0.25) is 0 Å². The molecule has 0 heterocycles. The van der Waals surface area contributed by atoms with Crippen LogP contribution in [-0.2, 0) is 4.79 Å². The number of aromatic hydroxyl groups is 1. The van der Waals surface area contributed by atoms with E-state index >= 15 is 0 Å². The van der Waals surface area contributed by atoms with Gasteiger partial charge in [0.1, 0.15) is 5.75 Å². The van der Waals surface area contributed by atoms with Crippen LogP contribution in [0, 0.1) is 3.57 Å². The number of nitrogens with one attached hydrogen (secondary N) is 1. The lowest BCUT2D eigenvalue weighted by molar-refractivity contribution is -0.114. The third kappa shape index (κ3) is 2.37. The number of benzene rings is 1. The van der Waals surface area contributed by atoms with Crippen molar-refractivity contribution >= 4 is 34.2 Å². The first-order chi connectivity index (χ1) is 5.59. The van der Waals surface area contributed by atoms with E-state index in [-0.39, 0.29) is 11.7 Å². The number of carbonyl (C=O) groups is 1. The minimum absolute atomic E-state index is 0.114. The van der Waals surface area contributed by atoms with Gasteiger partial charge < -0.3 is 10.4 Å². The lowest BCUT2D eigenvalue weighted by Crippen LogP contribution is -2.05. The Hall–Kier alpha value is -0.780. The first-order valence-electron chi connectivity index (χ1n) is 3.35. The van der Waals surface area contributed by atoms with E-state index in [2.05, 4.69) is 5.32 Å². The van der Waals surface area contributed by atoms with Gasteiger partial charge in [-0.25, -0.2) is 0 Å². The molecule has 12 heavy (non-hydrogen) atoms. The van der Waals surface area contributed by atoms with Gasteiger partial charge in [-0.2, -0.15) is 0 Å². The number of hydrogen-bond acceptors (Lipinski definition) is 2. The number of halogens is 1. The van der Waals surface area contributed by atoms with Crippen molar-refractivity contribution in [2.45, 2.75) is 6.92 Å². The summed E-state index contributed by atoms with van der Waals surface area (Å²) in [6.45, 7) is 1.44. The maximum Gasteiger partial charge on any atom is 0.221 e. The van der Waals surface area contributed by atoms with Gasteiger partial charge in [0.15, 0.2) is 0 Å². The van der Waals surface area contributed by atoms with Gasteiger partial charge in [0.05, 0.1) is 3.57 Å². The first-order valence-corrected chi connectivity index (χ1v) is 4.43. The Balaban J connectivity index is 2.89. The van der Waals surface area contributed by atoms with Crippen LogP contribution in [-0.4, -0.2) is 11.0 Å². The van der Waals surface area contributed by atoms with E-state index in [9.17, 15) is 4.79 Å². The Bertz CT molecular complexity index is 312. The quantitative estimate of drug-likeness (QED) is 0.609. The van der Waals surface area contributed by atoms with Crippen LogP contribution in [0.25, 0.3) is 0 Å². The van der Waals surface area contributed by atoms with Crippen LogP contribution in [0.5, 0.6) is 5.75 Å². The summed E-state index contributed by atoms with van der Waals surface area (Å²) in [5.41, 5.74) is 0.699. The van der Waals surface area contributed by atoms with Crippen molar-refractivity contribution in [2.24, 2.45) is 0 Å². The number of rotatable bonds is 1. The number of phenols is 1. The highest BCUT2D eigenvalue weighted by Crippen LogP contribution is 2.22. The molecule has 0 radical (unpaired) electrons. The molecule has 0 saturated carbocycles. The van der Waals surface area contributed by atoms with Crippen LogP contribution in [0.1, 0.15) is 6.92 Å². The Labute approximate surface area is 83.9 Å². The minimum Gasteiger partial charge on any atom is -0.507 e. The number of hydrogen-bond donors (Lipinski definition) is 2. The molecule has 0 saturated heterocycles. The molecule has 2 N–H and O–H groups in total. The van der Waals surface area contributed by atoms with E-state index in [0.29, 0.717) is 5.69 Å². The fourth-order valence-electron chi connectivity index (χ4n) is 0.788. The topological polar surface area (TPSA) is 49.3 Å². The summed E-state index contributed by atoms with van der Waals surface area (Å²) >= 11 is 2.00. The van der Waals surface area contributed by atoms with Crippen LogP contribution in [0.4, 0.5) is 5.69 Å². The number of amides is 1. The maximum absolute atomic E-state index is 10.6. The molecule has 0 bridgehead atoms. The molecule has 0 aliphatic carbocycles. The predicted octanol–water partition coefficient (Wildman–Crippen LogP) is 1.96. The molecule has 0 fully saturated rings. The van der Waals surface area contributed by atoms with Gasteiger partial charge >= 0.3 is 0 Å². The molecule has 4 heteroatoms. The summed E-state index contributed by atoms with van der Waals surface area (Å²) in [5, 5.41) is 11.8. The highest BCUT2D eigenvalue weighted by atomic mass is 127. The molecule has 0 unspecified atom stereocenters. The largest absolute Gasteiger partial charge is 0.507 e. The van der Waals surface area contributed by atoms with Gasteiger partial charge in [0, 0.05) is 12.6 Å². The van der Waals surface area contributed by atoms with Crippen molar-refractivity contribution in [2.75, 3.05) is 5.32 Å². The van der Waals surface area contributed by atoms with Crippen molar-refractivity contribution in [3.8, 4) is 5.75 Å². The summed E-state index contributed by atoms with van der Waals surface area (Å²) in [6.07, 6.45) is 0. The molecular weight excluding hydrogens is 269 g/mol. The number of phenolic OH excluding ortho intramolecular Hbond substituents is 1. The highest BCUT2D eigenvalue weighted by molar-refractivity contribution is 14.1. The van der Waals surface area contributed by atoms with Gasteiger partial charge in [-0.15, -0.1) is 0 Å². The molecule has 1 aromatic rings. The van der Waals surface area contributed by atoms with E-state index in [1.807, 2.05) is 22.6 Å². The molecule has 3 nitrogen and oxygen atoms in total. The van der Waals surface area contributed by atoms with Gasteiger partial charge in [-0.3, -0.25) is 4.79 Å². The van der Waals surface area contributed by atoms with Crippen LogP contribution in [0.15, 0.2) is 18.2 Å². The van der Waals surface area contributed by atoms with Gasteiger partial charge in [-0.1, -0.05) is 0 Å². The molecule has 1 amide bonds. The normalized spacial score (nSPS) is 9.50. The second-order valence-corrected chi connectivity index (χ2v) is 3.51. The average molecular weight is 277 g/mol. The zero-order valence-corrected chi connectivity index (χ0v) is 8.62. The molecule has 1 rings (SSSR count). The zero-order valence-electron chi connectivity index (χ0n) is 6.47. The second-order valence-electron chi connectivity index (χ2n) is 2.35.